The number of alkyl halides is 2. The average molecular weight is 289 g/mol. The maximum Gasteiger partial charge on any atom is 0.187 e. The van der Waals surface area contributed by atoms with Crippen LogP contribution in [-0.2, 0) is 10.7 Å². The monoisotopic (exact) mass is 287 g/mol. The molecule has 0 spiro atoms. The number of hydrogen-bond acceptors (Lipinski definition) is 0. The smallest absolute Gasteiger partial charge is 0.187 e. The second-order valence-electron chi connectivity index (χ2n) is 2.33. The minimum Gasteiger partial charge on any atom is -0.238 e. The second-order valence-corrected chi connectivity index (χ2v) is 3.45. The highest BCUT2D eigenvalue weighted by Crippen LogP contribution is 2.22. The molecule has 0 unspecified atom stereocenters. The zero-order valence-corrected chi connectivity index (χ0v) is 9.52. The van der Waals surface area contributed by atoms with Crippen molar-refractivity contribution in [1.82, 2.24) is 0 Å². The van der Waals surface area contributed by atoms with Crippen LogP contribution in [0.1, 0.15) is 11.1 Å². The van der Waals surface area contributed by atoms with Crippen LogP contribution >= 0.6 is 31.9 Å². The number of hydrogen-bond donors (Lipinski definition) is 0. The lowest BCUT2D eigenvalue weighted by atomic mass is 10.1. The van der Waals surface area contributed by atoms with Gasteiger partial charge in [0.1, 0.15) is 0 Å². The molecule has 1 aromatic carbocycles. The van der Waals surface area contributed by atoms with E-state index < -0.39 is 0 Å². The van der Waals surface area contributed by atoms with Gasteiger partial charge in [0.15, 0.2) is 5.69 Å². The maximum absolute atomic E-state index is 6.84. The fourth-order valence-corrected chi connectivity index (χ4v) is 2.01. The minimum absolute atomic E-state index is 0.703. The summed E-state index contributed by atoms with van der Waals surface area (Å²) in [7, 11) is 0. The molecule has 0 N–H and O–H groups in total. The van der Waals surface area contributed by atoms with Crippen molar-refractivity contribution in [3.63, 3.8) is 0 Å². The van der Waals surface area contributed by atoms with Gasteiger partial charge in [-0.1, -0.05) is 50.1 Å². The van der Waals surface area contributed by atoms with Gasteiger partial charge in [0.2, 0.25) is 0 Å². The van der Waals surface area contributed by atoms with Gasteiger partial charge in [-0.05, 0) is 11.1 Å². The first-order valence-corrected chi connectivity index (χ1v) is 5.67. The number of halogens is 2. The number of rotatable bonds is 2. The molecule has 0 aromatic heterocycles. The Balaban J connectivity index is 3.13. The van der Waals surface area contributed by atoms with Gasteiger partial charge in [0.05, 0.1) is 6.57 Å². The van der Waals surface area contributed by atoms with Crippen molar-refractivity contribution in [1.29, 1.82) is 0 Å². The van der Waals surface area contributed by atoms with Gasteiger partial charge in [0, 0.05) is 10.7 Å². The Labute approximate surface area is 88.9 Å². The molecule has 0 amide bonds. The fourth-order valence-electron chi connectivity index (χ4n) is 0.937. The summed E-state index contributed by atoms with van der Waals surface area (Å²) in [5.74, 6) is 0. The Morgan fingerprint density at radius 3 is 2.33 bits per heavy atom. The summed E-state index contributed by atoms with van der Waals surface area (Å²) in [5.41, 5.74) is 3.12. The van der Waals surface area contributed by atoms with Gasteiger partial charge < -0.3 is 0 Å². The van der Waals surface area contributed by atoms with Crippen molar-refractivity contribution >= 4 is 37.5 Å². The molecule has 0 fully saturated rings. The quantitative estimate of drug-likeness (QED) is 0.572. The van der Waals surface area contributed by atoms with Crippen LogP contribution < -0.4 is 0 Å². The maximum atomic E-state index is 6.84. The summed E-state index contributed by atoms with van der Waals surface area (Å²) >= 11 is 6.79. The van der Waals surface area contributed by atoms with Gasteiger partial charge in [-0.25, -0.2) is 4.85 Å². The van der Waals surface area contributed by atoms with Crippen molar-refractivity contribution in [3.8, 4) is 0 Å². The Bertz CT molecular complexity index is 315. The molecule has 0 heterocycles. The molecule has 1 nitrogen and oxygen atoms in total. The molecule has 12 heavy (non-hydrogen) atoms. The van der Waals surface area contributed by atoms with Crippen molar-refractivity contribution in [2.45, 2.75) is 10.7 Å². The van der Waals surface area contributed by atoms with Crippen molar-refractivity contribution in [2.24, 2.45) is 0 Å². The highest BCUT2D eigenvalue weighted by atomic mass is 79.9. The van der Waals surface area contributed by atoms with Crippen LogP contribution in [0.15, 0.2) is 18.2 Å². The van der Waals surface area contributed by atoms with E-state index in [1.165, 1.54) is 11.1 Å². The summed E-state index contributed by atoms with van der Waals surface area (Å²) in [6.45, 7) is 6.84. The molecule has 0 saturated carbocycles. The molecule has 0 aliphatic carbocycles. The van der Waals surface area contributed by atoms with E-state index in [4.69, 9.17) is 6.57 Å². The van der Waals surface area contributed by atoms with Crippen LogP contribution in [0.3, 0.4) is 0 Å². The SMILES string of the molecule is [C-]#[N+]c1ccc(CBr)c(CBr)c1. The first-order valence-electron chi connectivity index (χ1n) is 3.43. The highest BCUT2D eigenvalue weighted by Gasteiger charge is 2.00. The van der Waals surface area contributed by atoms with Crippen LogP contribution in [-0.4, -0.2) is 0 Å². The van der Waals surface area contributed by atoms with E-state index >= 15 is 0 Å². The molecule has 1 aromatic rings. The lowest BCUT2D eigenvalue weighted by Gasteiger charge is -2.03. The van der Waals surface area contributed by atoms with Gasteiger partial charge in [-0.2, -0.15) is 0 Å². The van der Waals surface area contributed by atoms with Crippen molar-refractivity contribution in [2.75, 3.05) is 0 Å². The summed E-state index contributed by atoms with van der Waals surface area (Å²) in [4.78, 5) is 3.37. The summed E-state index contributed by atoms with van der Waals surface area (Å²) in [6.07, 6.45) is 0. The van der Waals surface area contributed by atoms with Gasteiger partial charge in [-0.15, -0.1) is 0 Å². The molecule has 0 saturated heterocycles. The largest absolute Gasteiger partial charge is 0.238 e. The van der Waals surface area contributed by atoms with Crippen molar-refractivity contribution < 1.29 is 0 Å². The molecular formula is C9H7Br2N. The first kappa shape index (κ1) is 9.76. The molecule has 3 heteroatoms. The average Bonchev–Trinajstić information content (AvgIpc) is 2.16. The molecule has 0 aliphatic rings. The first-order chi connectivity index (χ1) is 5.81. The zero-order chi connectivity index (χ0) is 8.97. The Morgan fingerprint density at radius 1 is 1.17 bits per heavy atom. The molecule has 62 valence electrons. The number of benzene rings is 1. The zero-order valence-electron chi connectivity index (χ0n) is 6.35. The van der Waals surface area contributed by atoms with Gasteiger partial charge in [-0.3, -0.25) is 0 Å². The molecule has 0 radical (unpaired) electrons. The van der Waals surface area contributed by atoms with Crippen LogP contribution in [0.4, 0.5) is 5.69 Å². The lowest BCUT2D eigenvalue weighted by molar-refractivity contribution is 1.31. The Kier molecular flexibility index (Phi) is 3.77. The molecular weight excluding hydrogens is 282 g/mol. The highest BCUT2D eigenvalue weighted by molar-refractivity contribution is 9.09. The third-order valence-electron chi connectivity index (χ3n) is 1.61. The topological polar surface area (TPSA) is 4.36 Å². The Morgan fingerprint density at radius 2 is 1.83 bits per heavy atom. The standard InChI is InChI=1S/C9H7Br2N/c1-12-9-3-2-7(5-10)8(4-9)6-11/h2-4H,5-6H2. The molecule has 0 aliphatic heterocycles. The van der Waals surface area contributed by atoms with E-state index in [2.05, 4.69) is 36.7 Å². The van der Waals surface area contributed by atoms with Crippen LogP contribution in [0.25, 0.3) is 4.85 Å². The van der Waals surface area contributed by atoms with E-state index in [0.717, 1.165) is 10.7 Å². The predicted octanol–water partition coefficient (Wildman–Crippen LogP) is 4.03. The second kappa shape index (κ2) is 4.64. The summed E-state index contributed by atoms with van der Waals surface area (Å²) in [5, 5.41) is 1.64. The lowest BCUT2D eigenvalue weighted by Crippen LogP contribution is -1.85. The third kappa shape index (κ3) is 2.09. The Hall–Kier alpha value is -0.330. The van der Waals surface area contributed by atoms with Gasteiger partial charge in [0.25, 0.3) is 0 Å². The van der Waals surface area contributed by atoms with Crippen LogP contribution in [0, 0.1) is 6.57 Å². The van der Waals surface area contributed by atoms with E-state index in [1.54, 1.807) is 0 Å². The van der Waals surface area contributed by atoms with Crippen LogP contribution in [0.5, 0.6) is 0 Å². The summed E-state index contributed by atoms with van der Waals surface area (Å²) in [6, 6.07) is 5.74. The third-order valence-corrected chi connectivity index (χ3v) is 2.82. The van der Waals surface area contributed by atoms with E-state index in [9.17, 15) is 0 Å². The predicted molar refractivity (Wildman–Crippen MR) is 58.0 cm³/mol. The van der Waals surface area contributed by atoms with Crippen molar-refractivity contribution in [3.05, 3.63) is 40.7 Å². The molecule has 0 atom stereocenters. The normalized spacial score (nSPS) is 9.42. The molecule has 0 bridgehead atoms. The number of nitrogens with zero attached hydrogens (tertiary/aromatic N) is 1. The van der Waals surface area contributed by atoms with Crippen LogP contribution in [0.2, 0.25) is 0 Å². The minimum atomic E-state index is 0.703. The van der Waals surface area contributed by atoms with E-state index in [0.29, 0.717) is 5.69 Å². The van der Waals surface area contributed by atoms with Gasteiger partial charge >= 0.3 is 0 Å². The van der Waals surface area contributed by atoms with E-state index in [1.807, 2.05) is 18.2 Å². The van der Waals surface area contributed by atoms with E-state index in [-0.39, 0.29) is 0 Å². The fraction of sp³-hybridized carbons (Fsp3) is 0.222. The molecule has 1 rings (SSSR count). The summed E-state index contributed by atoms with van der Waals surface area (Å²) < 4.78 is 0.